The van der Waals surface area contributed by atoms with Crippen LogP contribution in [0.1, 0.15) is 76.1 Å². The molecule has 3 N–H and O–H groups in total. The van der Waals surface area contributed by atoms with Crippen LogP contribution in [0.4, 0.5) is 0 Å². The standard InChI is InChI=1S/C27H36N6O4/c1-26(2,3)23(33-15-20(30-31-33)17-9-10-17)25(37)32-14-19(34)13-21(32)24(36)28-16-27(12-11-22(35)29-27)18-7-5-4-6-8-18/h4-8,15,17,19,21,23,34H,9-14,16H2,1-3H3,(H,28,36)(H,29,35)/t19?,21?,23-,27?/m1/s1. The highest BCUT2D eigenvalue weighted by Gasteiger charge is 2.46. The maximum Gasteiger partial charge on any atom is 0.248 e. The molecule has 198 valence electrons. The van der Waals surface area contributed by atoms with Crippen LogP contribution in [-0.2, 0) is 19.9 Å². The molecule has 0 radical (unpaired) electrons. The smallest absolute Gasteiger partial charge is 0.248 e. The van der Waals surface area contributed by atoms with E-state index < -0.39 is 29.1 Å². The number of aliphatic hydroxyl groups is 1. The number of benzene rings is 1. The Morgan fingerprint density at radius 2 is 1.97 bits per heavy atom. The molecule has 3 unspecified atom stereocenters. The number of hydrogen-bond donors (Lipinski definition) is 3. The van der Waals surface area contributed by atoms with E-state index >= 15 is 0 Å². The first-order chi connectivity index (χ1) is 17.6. The van der Waals surface area contributed by atoms with E-state index in [1.807, 2.05) is 57.3 Å². The summed E-state index contributed by atoms with van der Waals surface area (Å²) in [6, 6.07) is 8.11. The zero-order valence-electron chi connectivity index (χ0n) is 21.7. The largest absolute Gasteiger partial charge is 0.391 e. The van der Waals surface area contributed by atoms with E-state index in [1.54, 1.807) is 4.68 Å². The van der Waals surface area contributed by atoms with Crippen molar-refractivity contribution in [1.82, 2.24) is 30.5 Å². The molecule has 37 heavy (non-hydrogen) atoms. The van der Waals surface area contributed by atoms with Gasteiger partial charge in [0, 0.05) is 38.0 Å². The van der Waals surface area contributed by atoms with Gasteiger partial charge in [0.2, 0.25) is 17.7 Å². The summed E-state index contributed by atoms with van der Waals surface area (Å²) in [5.41, 5.74) is 0.619. The van der Waals surface area contributed by atoms with Crippen LogP contribution >= 0.6 is 0 Å². The lowest BCUT2D eigenvalue weighted by atomic mass is 9.85. The summed E-state index contributed by atoms with van der Waals surface area (Å²) < 4.78 is 1.62. The van der Waals surface area contributed by atoms with Crippen molar-refractivity contribution in [3.8, 4) is 0 Å². The Balaban J connectivity index is 1.34. The van der Waals surface area contributed by atoms with E-state index in [0.29, 0.717) is 18.8 Å². The number of aromatic nitrogens is 3. The molecule has 3 heterocycles. The fourth-order valence-electron chi connectivity index (χ4n) is 5.61. The van der Waals surface area contributed by atoms with Gasteiger partial charge in [-0.05, 0) is 30.2 Å². The second-order valence-electron chi connectivity index (χ2n) is 11.8. The first-order valence-corrected chi connectivity index (χ1v) is 13.1. The average Bonchev–Trinajstić information content (AvgIpc) is 3.27. The van der Waals surface area contributed by atoms with E-state index in [-0.39, 0.29) is 37.2 Å². The molecule has 2 aliphatic heterocycles. The molecular weight excluding hydrogens is 472 g/mol. The summed E-state index contributed by atoms with van der Waals surface area (Å²) in [4.78, 5) is 41.0. The zero-order chi connectivity index (χ0) is 26.4. The van der Waals surface area contributed by atoms with Gasteiger partial charge in [0.15, 0.2) is 0 Å². The second kappa shape index (κ2) is 9.55. The number of amides is 3. The summed E-state index contributed by atoms with van der Waals surface area (Å²) in [5, 5.41) is 25.1. The van der Waals surface area contributed by atoms with Crippen molar-refractivity contribution >= 4 is 17.7 Å². The third-order valence-electron chi connectivity index (χ3n) is 7.76. The van der Waals surface area contributed by atoms with Crippen LogP contribution in [0.25, 0.3) is 0 Å². The fraction of sp³-hybridized carbons (Fsp3) is 0.593. The van der Waals surface area contributed by atoms with Gasteiger partial charge in [-0.2, -0.15) is 0 Å². The molecule has 10 heteroatoms. The van der Waals surface area contributed by atoms with Gasteiger partial charge in [-0.3, -0.25) is 14.4 Å². The van der Waals surface area contributed by atoms with Crippen molar-refractivity contribution in [2.24, 2.45) is 5.41 Å². The van der Waals surface area contributed by atoms with Gasteiger partial charge in [-0.1, -0.05) is 56.3 Å². The number of β-amino-alcohol motifs (C(OH)–C–C–N with tert-alkyl or cyclic N) is 1. The van der Waals surface area contributed by atoms with Crippen LogP contribution in [0.15, 0.2) is 36.5 Å². The zero-order valence-corrected chi connectivity index (χ0v) is 21.7. The third kappa shape index (κ3) is 5.12. The van der Waals surface area contributed by atoms with Crippen molar-refractivity contribution in [3.05, 3.63) is 47.8 Å². The number of carbonyl (C=O) groups is 3. The second-order valence-corrected chi connectivity index (χ2v) is 11.8. The lowest BCUT2D eigenvalue weighted by Gasteiger charge is -2.35. The first-order valence-electron chi connectivity index (χ1n) is 13.1. The van der Waals surface area contributed by atoms with Gasteiger partial charge in [0.25, 0.3) is 0 Å². The van der Waals surface area contributed by atoms with Crippen molar-refractivity contribution in [2.75, 3.05) is 13.1 Å². The molecule has 2 saturated heterocycles. The van der Waals surface area contributed by atoms with E-state index in [2.05, 4.69) is 20.9 Å². The Bertz CT molecular complexity index is 1170. The molecule has 2 aromatic rings. The van der Waals surface area contributed by atoms with Crippen molar-refractivity contribution in [2.45, 2.75) is 82.5 Å². The third-order valence-corrected chi connectivity index (χ3v) is 7.76. The minimum Gasteiger partial charge on any atom is -0.391 e. The number of hydrogen-bond acceptors (Lipinski definition) is 6. The van der Waals surface area contributed by atoms with E-state index in [1.165, 1.54) is 4.90 Å². The van der Waals surface area contributed by atoms with Crippen molar-refractivity contribution in [3.63, 3.8) is 0 Å². The molecule has 3 aliphatic rings. The number of likely N-dealkylation sites (tertiary alicyclic amines) is 1. The summed E-state index contributed by atoms with van der Waals surface area (Å²) in [6.07, 6.45) is 4.31. The van der Waals surface area contributed by atoms with Gasteiger partial charge < -0.3 is 20.6 Å². The Labute approximate surface area is 216 Å². The normalized spacial score (nSPS) is 26.7. The highest BCUT2D eigenvalue weighted by molar-refractivity contribution is 5.90. The summed E-state index contributed by atoms with van der Waals surface area (Å²) >= 11 is 0. The highest BCUT2D eigenvalue weighted by atomic mass is 16.3. The summed E-state index contributed by atoms with van der Waals surface area (Å²) in [6.45, 7) is 6.16. The molecule has 3 fully saturated rings. The Morgan fingerprint density at radius 1 is 1.24 bits per heavy atom. The van der Waals surface area contributed by atoms with E-state index in [9.17, 15) is 19.5 Å². The average molecular weight is 509 g/mol. The molecule has 0 bridgehead atoms. The first kappa shape index (κ1) is 25.4. The molecule has 3 amide bonds. The van der Waals surface area contributed by atoms with Gasteiger partial charge in [-0.15, -0.1) is 5.10 Å². The minimum absolute atomic E-state index is 0.0578. The van der Waals surface area contributed by atoms with Gasteiger partial charge in [0.05, 0.1) is 17.3 Å². The van der Waals surface area contributed by atoms with Gasteiger partial charge in [-0.25, -0.2) is 4.68 Å². The predicted molar refractivity (Wildman–Crippen MR) is 135 cm³/mol. The lowest BCUT2D eigenvalue weighted by molar-refractivity contribution is -0.144. The molecule has 4 atom stereocenters. The van der Waals surface area contributed by atoms with Crippen molar-refractivity contribution in [1.29, 1.82) is 0 Å². The quantitative estimate of drug-likeness (QED) is 0.521. The Morgan fingerprint density at radius 3 is 2.59 bits per heavy atom. The molecule has 0 spiro atoms. The van der Waals surface area contributed by atoms with E-state index in [4.69, 9.17) is 0 Å². The number of aliphatic hydroxyl groups excluding tert-OH is 1. The van der Waals surface area contributed by atoms with Gasteiger partial charge >= 0.3 is 0 Å². The molecule has 1 aromatic carbocycles. The van der Waals surface area contributed by atoms with Crippen LogP contribution in [0.3, 0.4) is 0 Å². The van der Waals surface area contributed by atoms with Crippen LogP contribution in [-0.4, -0.2) is 68.0 Å². The molecule has 5 rings (SSSR count). The van der Waals surface area contributed by atoms with Crippen molar-refractivity contribution < 1.29 is 19.5 Å². The van der Waals surface area contributed by atoms with E-state index in [0.717, 1.165) is 24.1 Å². The van der Waals surface area contributed by atoms with Crippen LogP contribution in [0.5, 0.6) is 0 Å². The molecule has 1 aromatic heterocycles. The summed E-state index contributed by atoms with van der Waals surface area (Å²) in [5.74, 6) is -0.253. The number of nitrogens with one attached hydrogen (secondary N) is 2. The van der Waals surface area contributed by atoms with Crippen LogP contribution in [0.2, 0.25) is 0 Å². The number of carbonyl (C=O) groups excluding carboxylic acids is 3. The molecule has 10 nitrogen and oxygen atoms in total. The minimum atomic E-state index is -0.816. The SMILES string of the molecule is CC(C)(C)[C@@H](C(=O)N1CC(O)CC1C(=O)NCC1(c2ccccc2)CCC(=O)N1)n1cc(C2CC2)nn1. The fourth-order valence-corrected chi connectivity index (χ4v) is 5.61. The molecule has 1 saturated carbocycles. The maximum absolute atomic E-state index is 13.9. The Kier molecular flexibility index (Phi) is 6.55. The molecular formula is C27H36N6O4. The van der Waals surface area contributed by atoms with Crippen LogP contribution in [0, 0.1) is 5.41 Å². The van der Waals surface area contributed by atoms with Gasteiger partial charge in [0.1, 0.15) is 12.1 Å². The monoisotopic (exact) mass is 508 g/mol. The topological polar surface area (TPSA) is 129 Å². The Hall–Kier alpha value is -3.27. The molecule has 1 aliphatic carbocycles. The lowest BCUT2D eigenvalue weighted by Crippen LogP contribution is -2.54. The predicted octanol–water partition coefficient (Wildman–Crippen LogP) is 1.63. The maximum atomic E-state index is 13.9. The number of rotatable bonds is 7. The summed E-state index contributed by atoms with van der Waals surface area (Å²) in [7, 11) is 0. The highest BCUT2D eigenvalue weighted by Crippen LogP contribution is 2.40. The number of nitrogens with zero attached hydrogens (tertiary/aromatic N) is 4. The van der Waals surface area contributed by atoms with Crippen LogP contribution < -0.4 is 10.6 Å².